The third-order valence-corrected chi connectivity index (χ3v) is 3.32. The third-order valence-electron chi connectivity index (χ3n) is 3.02. The van der Waals surface area contributed by atoms with E-state index >= 15 is 0 Å². The van der Waals surface area contributed by atoms with Crippen molar-refractivity contribution in [1.82, 2.24) is 9.55 Å². The number of nitrogens with zero attached hydrogens (tertiary/aromatic N) is 1. The minimum atomic E-state index is -0.988. The zero-order valence-corrected chi connectivity index (χ0v) is 11.0. The molecule has 96 valence electrons. The molecule has 1 fully saturated rings. The van der Waals surface area contributed by atoms with Crippen molar-refractivity contribution in [2.75, 3.05) is 0 Å². The molecule has 0 aliphatic carbocycles. The van der Waals surface area contributed by atoms with Crippen molar-refractivity contribution < 1.29 is 14.2 Å². The van der Waals surface area contributed by atoms with Crippen LogP contribution in [-0.2, 0) is 4.74 Å². The number of aliphatic hydroxyl groups is 1. The van der Waals surface area contributed by atoms with E-state index in [-0.39, 0.29) is 10.7 Å². The highest BCUT2D eigenvalue weighted by molar-refractivity contribution is 7.71. The van der Waals surface area contributed by atoms with Gasteiger partial charge in [0, 0.05) is 5.40 Å². The second kappa shape index (κ2) is 4.64. The molecule has 0 aromatic carbocycles. The molecule has 18 heavy (non-hydrogen) atoms. The topological polar surface area (TPSA) is 67.2 Å². The Morgan fingerprint density at radius 1 is 1.61 bits per heavy atom. The molecule has 2 rings (SSSR count). The molecule has 0 bridgehead atoms. The molecule has 0 spiro atoms. The lowest BCUT2D eigenvalue weighted by Gasteiger charge is -2.26. The second-order valence-corrected chi connectivity index (χ2v) is 5.36. The number of ether oxygens (including phenoxy) is 1. The van der Waals surface area contributed by atoms with Gasteiger partial charge in [0.2, 0.25) is 0 Å². The van der Waals surface area contributed by atoms with Crippen LogP contribution in [0.5, 0.6) is 0 Å². The van der Waals surface area contributed by atoms with Crippen LogP contribution in [0.2, 0.25) is 0 Å². The summed E-state index contributed by atoms with van der Waals surface area (Å²) in [5.74, 6) is -0.667. The lowest BCUT2D eigenvalue weighted by atomic mass is 9.61. The fraction of sp³-hybridized carbons (Fsp3) is 0.556. The van der Waals surface area contributed by atoms with Crippen molar-refractivity contribution in [3.63, 3.8) is 0 Å². The van der Waals surface area contributed by atoms with Crippen LogP contribution in [-0.4, -0.2) is 41.9 Å². The fourth-order valence-corrected chi connectivity index (χ4v) is 2.16. The number of halogens is 1. The highest BCUT2D eigenvalue weighted by atomic mass is 32.1. The Morgan fingerprint density at radius 3 is 2.83 bits per heavy atom. The molecule has 0 radical (unpaired) electrons. The molecule has 1 aliphatic rings. The smallest absolute Gasteiger partial charge is 0.328 e. The standard InChI is InChI=1S/C9H13B2FN2O3S/c10-9(11,16)5-1-2-6(17-5)14-3-4(12)7(18)13-8(14)15/h3,5-6,16H,1-2,10-11H2,(H,13,15,18). The molecule has 2 N–H and O–H groups in total. The quantitative estimate of drug-likeness (QED) is 0.514. The summed E-state index contributed by atoms with van der Waals surface area (Å²) in [7, 11) is 3.28. The van der Waals surface area contributed by atoms with Crippen molar-refractivity contribution in [3.8, 4) is 0 Å². The molecule has 9 heteroatoms. The number of H-pyrrole nitrogens is 1. The Morgan fingerprint density at radius 2 is 2.28 bits per heavy atom. The molecule has 2 heterocycles. The summed E-state index contributed by atoms with van der Waals surface area (Å²) < 4.78 is 19.8. The lowest BCUT2D eigenvalue weighted by Crippen LogP contribution is -2.43. The van der Waals surface area contributed by atoms with Gasteiger partial charge in [0.1, 0.15) is 26.6 Å². The second-order valence-electron chi connectivity index (χ2n) is 4.95. The van der Waals surface area contributed by atoms with Gasteiger partial charge in [-0.05, 0) is 12.8 Å². The van der Waals surface area contributed by atoms with Crippen LogP contribution in [0.3, 0.4) is 0 Å². The summed E-state index contributed by atoms with van der Waals surface area (Å²) in [6.45, 7) is 0. The molecule has 0 saturated carbocycles. The molecule has 1 aromatic heterocycles. The van der Waals surface area contributed by atoms with Crippen molar-refractivity contribution in [1.29, 1.82) is 0 Å². The molecule has 5 nitrogen and oxygen atoms in total. The Bertz CT molecular complexity index is 568. The van der Waals surface area contributed by atoms with Crippen molar-refractivity contribution in [2.45, 2.75) is 30.6 Å². The van der Waals surface area contributed by atoms with Crippen molar-refractivity contribution in [2.24, 2.45) is 0 Å². The highest BCUT2D eigenvalue weighted by Gasteiger charge is 2.36. The van der Waals surface area contributed by atoms with Gasteiger partial charge < -0.3 is 9.84 Å². The van der Waals surface area contributed by atoms with Crippen LogP contribution in [0.15, 0.2) is 11.0 Å². The van der Waals surface area contributed by atoms with Gasteiger partial charge in [0.25, 0.3) is 0 Å². The normalized spacial score (nSPS) is 24.3. The highest BCUT2D eigenvalue weighted by Crippen LogP contribution is 2.30. The van der Waals surface area contributed by atoms with E-state index in [1.807, 2.05) is 0 Å². The first-order chi connectivity index (χ1) is 8.29. The number of hydrogen-bond donors (Lipinski definition) is 2. The number of rotatable bonds is 2. The van der Waals surface area contributed by atoms with Crippen LogP contribution < -0.4 is 5.69 Å². The predicted octanol–water partition coefficient (Wildman–Crippen LogP) is -1.37. The molecule has 1 aliphatic heterocycles. The molecule has 2 atom stereocenters. The molecule has 2 unspecified atom stereocenters. The average Bonchev–Trinajstić information content (AvgIpc) is 2.72. The van der Waals surface area contributed by atoms with Crippen molar-refractivity contribution >= 4 is 27.9 Å². The first-order valence-corrected chi connectivity index (χ1v) is 6.08. The molecule has 0 amide bonds. The first-order valence-electron chi connectivity index (χ1n) is 5.68. The fourth-order valence-electron chi connectivity index (χ4n) is 2.02. The minimum absolute atomic E-state index is 0.215. The van der Waals surface area contributed by atoms with Crippen molar-refractivity contribution in [3.05, 3.63) is 27.1 Å². The molecule has 1 aromatic rings. The summed E-state index contributed by atoms with van der Waals surface area (Å²) in [4.78, 5) is 13.9. The maximum absolute atomic E-state index is 13.3. The maximum Gasteiger partial charge on any atom is 0.328 e. The van der Waals surface area contributed by atoms with E-state index in [0.29, 0.717) is 12.8 Å². The van der Waals surface area contributed by atoms with Gasteiger partial charge in [-0.1, -0.05) is 12.2 Å². The average molecular weight is 270 g/mol. The Hall–Kier alpha value is -0.920. The Labute approximate surface area is 110 Å². The zero-order valence-electron chi connectivity index (χ0n) is 10.1. The summed E-state index contributed by atoms with van der Waals surface area (Å²) in [6.07, 6.45) is 1.24. The van der Waals surface area contributed by atoms with E-state index in [1.165, 1.54) is 0 Å². The van der Waals surface area contributed by atoms with Gasteiger partial charge in [-0.2, -0.15) is 0 Å². The van der Waals surface area contributed by atoms with Gasteiger partial charge in [-0.3, -0.25) is 9.55 Å². The van der Waals surface area contributed by atoms with Crippen LogP contribution in [0.1, 0.15) is 19.1 Å². The molecular formula is C9H13B2FN2O3S. The van der Waals surface area contributed by atoms with Gasteiger partial charge in [0.15, 0.2) is 5.82 Å². The van der Waals surface area contributed by atoms with Gasteiger partial charge in [-0.15, -0.1) is 0 Å². The Kier molecular flexibility index (Phi) is 3.48. The third kappa shape index (κ3) is 2.57. The largest absolute Gasteiger partial charge is 0.405 e. The predicted molar refractivity (Wildman–Crippen MR) is 71.0 cm³/mol. The monoisotopic (exact) mass is 270 g/mol. The van der Waals surface area contributed by atoms with E-state index in [9.17, 15) is 14.3 Å². The van der Waals surface area contributed by atoms with Crippen LogP contribution >= 0.6 is 12.2 Å². The molecular weight excluding hydrogens is 257 g/mol. The van der Waals surface area contributed by atoms with Gasteiger partial charge in [-0.25, -0.2) is 9.18 Å². The Balaban J connectivity index is 2.28. The number of nitrogens with one attached hydrogen (secondary N) is 1. The first kappa shape index (κ1) is 13.5. The summed E-state index contributed by atoms with van der Waals surface area (Å²) in [5.41, 5.74) is -0.511. The minimum Gasteiger partial charge on any atom is -0.405 e. The van der Waals surface area contributed by atoms with E-state index in [4.69, 9.17) is 4.74 Å². The molecule has 1 saturated heterocycles. The number of aromatic nitrogens is 2. The summed E-state index contributed by atoms with van der Waals surface area (Å²) in [6, 6.07) is 0. The van der Waals surface area contributed by atoms with Gasteiger partial charge >= 0.3 is 5.69 Å². The number of aromatic amines is 1. The van der Waals surface area contributed by atoms with E-state index < -0.39 is 23.1 Å². The van der Waals surface area contributed by atoms with E-state index in [2.05, 4.69) is 17.2 Å². The maximum atomic E-state index is 13.3. The summed E-state index contributed by atoms with van der Waals surface area (Å²) in [5, 5.41) is 8.85. The SMILES string of the molecule is BC(B)(O)C1CCC(n2cc(F)c(=S)[nH]c2=O)O1. The van der Waals surface area contributed by atoms with E-state index in [0.717, 1.165) is 10.8 Å². The zero-order chi connectivity index (χ0) is 13.5. The van der Waals surface area contributed by atoms with Crippen LogP contribution in [0.25, 0.3) is 0 Å². The van der Waals surface area contributed by atoms with Crippen LogP contribution in [0, 0.1) is 10.5 Å². The number of hydrogen-bond acceptors (Lipinski definition) is 4. The van der Waals surface area contributed by atoms with Crippen LogP contribution in [0.4, 0.5) is 4.39 Å². The summed E-state index contributed by atoms with van der Waals surface area (Å²) >= 11 is 4.63. The van der Waals surface area contributed by atoms with Gasteiger partial charge in [0.05, 0.1) is 12.3 Å². The van der Waals surface area contributed by atoms with E-state index in [1.54, 1.807) is 15.7 Å². The lowest BCUT2D eigenvalue weighted by molar-refractivity contribution is -0.0506.